The van der Waals surface area contributed by atoms with Gasteiger partial charge in [0.05, 0.1) is 26.4 Å². The van der Waals surface area contributed by atoms with E-state index in [2.05, 4.69) is 10.6 Å². The van der Waals surface area contributed by atoms with Crippen molar-refractivity contribution in [3.8, 4) is 23.0 Å². The van der Waals surface area contributed by atoms with Crippen LogP contribution in [0.25, 0.3) is 0 Å². The molecule has 0 aliphatic heterocycles. The molecule has 0 aromatic heterocycles. The molecule has 0 heterocycles. The van der Waals surface area contributed by atoms with E-state index in [1.54, 1.807) is 24.3 Å². The lowest BCUT2D eigenvalue weighted by Gasteiger charge is -2.14. The van der Waals surface area contributed by atoms with Crippen LogP contribution in [0.4, 0.5) is 0 Å². The molecule has 0 spiro atoms. The largest absolute Gasteiger partial charge is 0.504 e. The van der Waals surface area contributed by atoms with E-state index in [0.29, 0.717) is 35.7 Å². The second kappa shape index (κ2) is 13.8. The summed E-state index contributed by atoms with van der Waals surface area (Å²) in [5, 5.41) is 46.3. The highest BCUT2D eigenvalue weighted by molar-refractivity contribution is 5.43. The minimum absolute atomic E-state index is 0.0565. The van der Waals surface area contributed by atoms with E-state index >= 15 is 0 Å². The lowest BCUT2D eigenvalue weighted by atomic mass is 10.1. The van der Waals surface area contributed by atoms with Crippen molar-refractivity contribution in [2.24, 2.45) is 0 Å². The molecule has 8 heteroatoms. The number of hydrogen-bond acceptors (Lipinski definition) is 8. The van der Waals surface area contributed by atoms with Crippen LogP contribution in [0.3, 0.4) is 0 Å². The van der Waals surface area contributed by atoms with Crippen LogP contribution < -0.4 is 20.1 Å². The lowest BCUT2D eigenvalue weighted by Crippen LogP contribution is -2.23. The van der Waals surface area contributed by atoms with Crippen molar-refractivity contribution in [1.29, 1.82) is 0 Å². The molecule has 6 N–H and O–H groups in total. The van der Waals surface area contributed by atoms with Crippen LogP contribution in [-0.2, 0) is 0 Å². The molecule has 2 rings (SSSR count). The van der Waals surface area contributed by atoms with Gasteiger partial charge >= 0.3 is 0 Å². The molecular formula is C24H36N2O6. The van der Waals surface area contributed by atoms with Crippen molar-refractivity contribution in [3.63, 3.8) is 0 Å². The Balaban J connectivity index is 1.51. The lowest BCUT2D eigenvalue weighted by molar-refractivity contribution is 0.173. The van der Waals surface area contributed by atoms with Gasteiger partial charge in [-0.3, -0.25) is 0 Å². The first-order valence-electron chi connectivity index (χ1n) is 11.0. The van der Waals surface area contributed by atoms with Gasteiger partial charge in [-0.25, -0.2) is 0 Å². The molecule has 0 radical (unpaired) electrons. The van der Waals surface area contributed by atoms with Crippen LogP contribution in [0.15, 0.2) is 36.4 Å². The van der Waals surface area contributed by atoms with E-state index in [1.807, 2.05) is 0 Å². The summed E-state index contributed by atoms with van der Waals surface area (Å²) in [5.74, 6) is 0.818. The number of unbranched alkanes of at least 4 members (excludes halogenated alkanes) is 3. The number of ether oxygens (including phenoxy) is 2. The molecule has 0 aliphatic rings. The number of hydrogen-bond donors (Lipinski definition) is 6. The number of benzene rings is 2. The van der Waals surface area contributed by atoms with Crippen molar-refractivity contribution in [1.82, 2.24) is 10.6 Å². The second-order valence-corrected chi connectivity index (χ2v) is 7.72. The summed E-state index contributed by atoms with van der Waals surface area (Å²) in [4.78, 5) is 0. The molecule has 2 aromatic carbocycles. The van der Waals surface area contributed by atoms with Gasteiger partial charge in [0.1, 0.15) is 0 Å². The number of rotatable bonds is 15. The summed E-state index contributed by atoms with van der Waals surface area (Å²) < 4.78 is 10.1. The summed E-state index contributed by atoms with van der Waals surface area (Å²) in [6.07, 6.45) is 2.87. The number of nitrogens with one attached hydrogen (secondary N) is 2. The molecule has 0 bridgehead atoms. The first kappa shape index (κ1) is 25.7. The van der Waals surface area contributed by atoms with E-state index in [-0.39, 0.29) is 11.5 Å². The third-order valence-corrected chi connectivity index (χ3v) is 5.31. The third-order valence-electron chi connectivity index (χ3n) is 5.31. The van der Waals surface area contributed by atoms with Crippen molar-refractivity contribution < 1.29 is 29.9 Å². The van der Waals surface area contributed by atoms with E-state index in [0.717, 1.165) is 38.8 Å². The minimum Gasteiger partial charge on any atom is -0.504 e. The van der Waals surface area contributed by atoms with Gasteiger partial charge in [0.25, 0.3) is 0 Å². The van der Waals surface area contributed by atoms with Crippen molar-refractivity contribution in [2.75, 3.05) is 40.4 Å². The highest BCUT2D eigenvalue weighted by Gasteiger charge is 2.11. The number of phenols is 2. The van der Waals surface area contributed by atoms with Gasteiger partial charge in [0.2, 0.25) is 0 Å². The standard InChI is InChI=1S/C24H36N2O6/c1-31-23-13-17(7-9-19(23)27)21(29)15-25-11-5-3-4-6-12-26-16-22(30)18-8-10-20(28)24(14-18)32-2/h7-10,13-14,21-22,25-30H,3-6,11-12,15-16H2,1-2H3. The van der Waals surface area contributed by atoms with E-state index < -0.39 is 12.2 Å². The number of aliphatic hydroxyl groups excluding tert-OH is 2. The molecule has 32 heavy (non-hydrogen) atoms. The molecule has 2 unspecified atom stereocenters. The maximum absolute atomic E-state index is 10.3. The molecule has 2 aromatic rings. The Labute approximate surface area is 189 Å². The molecule has 2 atom stereocenters. The molecule has 0 amide bonds. The van der Waals surface area contributed by atoms with Gasteiger partial charge in [-0.05, 0) is 61.3 Å². The summed E-state index contributed by atoms with van der Waals surface area (Å²) in [6.45, 7) is 2.52. The third kappa shape index (κ3) is 8.20. The fraction of sp³-hybridized carbons (Fsp3) is 0.500. The van der Waals surface area contributed by atoms with Crippen LogP contribution in [0.5, 0.6) is 23.0 Å². The Morgan fingerprint density at radius 2 is 1.09 bits per heavy atom. The first-order valence-corrected chi connectivity index (χ1v) is 11.0. The predicted octanol–water partition coefficient (Wildman–Crippen LogP) is 2.62. The van der Waals surface area contributed by atoms with Crippen LogP contribution in [0.1, 0.15) is 49.0 Å². The molecule has 0 saturated heterocycles. The van der Waals surface area contributed by atoms with Crippen molar-refractivity contribution >= 4 is 0 Å². The normalized spacial score (nSPS) is 13.0. The fourth-order valence-electron chi connectivity index (χ4n) is 3.37. The quantitative estimate of drug-likeness (QED) is 0.230. The van der Waals surface area contributed by atoms with Crippen LogP contribution in [0.2, 0.25) is 0 Å². The Kier molecular flexibility index (Phi) is 11.1. The van der Waals surface area contributed by atoms with Crippen LogP contribution in [0, 0.1) is 0 Å². The topological polar surface area (TPSA) is 123 Å². The Hall–Kier alpha value is -2.52. The number of methoxy groups -OCH3 is 2. The van der Waals surface area contributed by atoms with Gasteiger partial charge in [-0.1, -0.05) is 25.0 Å². The summed E-state index contributed by atoms with van der Waals surface area (Å²) >= 11 is 0. The first-order chi connectivity index (χ1) is 15.5. The number of aliphatic hydroxyl groups is 2. The van der Waals surface area contributed by atoms with Gasteiger partial charge in [0, 0.05) is 13.1 Å². The van der Waals surface area contributed by atoms with E-state index in [1.165, 1.54) is 26.4 Å². The molecule has 0 saturated carbocycles. The average Bonchev–Trinajstić information content (AvgIpc) is 2.80. The molecule has 0 aliphatic carbocycles. The van der Waals surface area contributed by atoms with Crippen LogP contribution >= 0.6 is 0 Å². The van der Waals surface area contributed by atoms with Gasteiger partial charge < -0.3 is 40.5 Å². The van der Waals surface area contributed by atoms with E-state index in [9.17, 15) is 20.4 Å². The summed E-state index contributed by atoms with van der Waals surface area (Å²) in [5.41, 5.74) is 1.40. The van der Waals surface area contributed by atoms with Gasteiger partial charge in [0.15, 0.2) is 23.0 Å². The zero-order chi connectivity index (χ0) is 23.3. The van der Waals surface area contributed by atoms with Crippen LogP contribution in [-0.4, -0.2) is 60.8 Å². The highest BCUT2D eigenvalue weighted by atomic mass is 16.5. The number of phenolic OH excluding ortho intramolecular Hbond substituents is 2. The Morgan fingerprint density at radius 1 is 0.688 bits per heavy atom. The summed E-state index contributed by atoms with van der Waals surface area (Å²) in [7, 11) is 2.96. The molecule has 0 fully saturated rings. The zero-order valence-corrected chi connectivity index (χ0v) is 18.9. The average molecular weight is 449 g/mol. The smallest absolute Gasteiger partial charge is 0.160 e. The molecule has 178 valence electrons. The van der Waals surface area contributed by atoms with Crippen molar-refractivity contribution in [2.45, 2.75) is 37.9 Å². The maximum atomic E-state index is 10.3. The predicted molar refractivity (Wildman–Crippen MR) is 123 cm³/mol. The number of aromatic hydroxyl groups is 2. The summed E-state index contributed by atoms with van der Waals surface area (Å²) in [6, 6.07) is 9.70. The Morgan fingerprint density at radius 3 is 1.47 bits per heavy atom. The monoisotopic (exact) mass is 448 g/mol. The SMILES string of the molecule is COc1cc(C(O)CNCCCCCCNCC(O)c2ccc(O)c(OC)c2)ccc1O. The molecule has 8 nitrogen and oxygen atoms in total. The van der Waals surface area contributed by atoms with E-state index in [4.69, 9.17) is 9.47 Å². The van der Waals surface area contributed by atoms with Gasteiger partial charge in [-0.2, -0.15) is 0 Å². The van der Waals surface area contributed by atoms with Gasteiger partial charge in [-0.15, -0.1) is 0 Å². The minimum atomic E-state index is -0.659. The second-order valence-electron chi connectivity index (χ2n) is 7.72. The maximum Gasteiger partial charge on any atom is 0.160 e. The highest BCUT2D eigenvalue weighted by Crippen LogP contribution is 2.29. The Bertz CT molecular complexity index is 750. The molecular weight excluding hydrogens is 412 g/mol. The zero-order valence-electron chi connectivity index (χ0n) is 18.9. The fourth-order valence-corrected chi connectivity index (χ4v) is 3.37. The van der Waals surface area contributed by atoms with Crippen molar-refractivity contribution in [3.05, 3.63) is 47.5 Å².